The molecular formula is C44H27NO. The van der Waals surface area contributed by atoms with E-state index in [1.807, 2.05) is 6.07 Å². The third-order valence-corrected chi connectivity index (χ3v) is 9.57. The Balaban J connectivity index is 1.36. The first-order chi connectivity index (χ1) is 22.8. The van der Waals surface area contributed by atoms with Crippen LogP contribution in [0.5, 0.6) is 0 Å². The van der Waals surface area contributed by atoms with E-state index in [4.69, 9.17) is 4.42 Å². The Kier molecular flexibility index (Phi) is 5.31. The van der Waals surface area contributed by atoms with E-state index in [0.29, 0.717) is 0 Å². The Morgan fingerprint density at radius 3 is 1.59 bits per heavy atom. The van der Waals surface area contributed by atoms with Crippen LogP contribution in [0.4, 0.5) is 0 Å². The maximum Gasteiger partial charge on any atom is 0.137 e. The first-order valence-electron chi connectivity index (χ1n) is 15.8. The number of fused-ring (bicyclic) bond motifs is 9. The van der Waals surface area contributed by atoms with E-state index >= 15 is 0 Å². The van der Waals surface area contributed by atoms with Crippen molar-refractivity contribution in [2.75, 3.05) is 0 Å². The van der Waals surface area contributed by atoms with Gasteiger partial charge in [0.05, 0.1) is 16.4 Å². The highest BCUT2D eigenvalue weighted by molar-refractivity contribution is 6.26. The summed E-state index contributed by atoms with van der Waals surface area (Å²) in [5, 5.41) is 9.77. The van der Waals surface area contributed by atoms with Crippen molar-refractivity contribution in [3.63, 3.8) is 0 Å². The van der Waals surface area contributed by atoms with Crippen LogP contribution in [0.2, 0.25) is 0 Å². The van der Waals surface area contributed by atoms with E-state index in [1.165, 1.54) is 65.6 Å². The number of furan rings is 1. The second-order valence-electron chi connectivity index (χ2n) is 12.0. The molecule has 0 saturated carbocycles. The van der Waals surface area contributed by atoms with Crippen LogP contribution in [0.25, 0.3) is 93.2 Å². The Morgan fingerprint density at radius 2 is 0.913 bits per heavy atom. The molecule has 0 atom stereocenters. The van der Waals surface area contributed by atoms with Gasteiger partial charge >= 0.3 is 0 Å². The predicted octanol–water partition coefficient (Wildman–Crippen LogP) is 12.3. The van der Waals surface area contributed by atoms with Crippen molar-refractivity contribution in [1.82, 2.24) is 4.57 Å². The van der Waals surface area contributed by atoms with Gasteiger partial charge in [0.1, 0.15) is 11.2 Å². The van der Waals surface area contributed by atoms with Crippen LogP contribution in [0.15, 0.2) is 168 Å². The molecule has 0 amide bonds. The zero-order valence-corrected chi connectivity index (χ0v) is 24.9. The molecular weight excluding hydrogens is 558 g/mol. The lowest BCUT2D eigenvalue weighted by atomic mass is 9.86. The van der Waals surface area contributed by atoms with Crippen LogP contribution in [0, 0.1) is 0 Å². The van der Waals surface area contributed by atoms with Crippen molar-refractivity contribution in [2.24, 2.45) is 0 Å². The van der Waals surface area contributed by atoms with Gasteiger partial charge in [0.2, 0.25) is 0 Å². The third kappa shape index (κ3) is 3.53. The van der Waals surface area contributed by atoms with Gasteiger partial charge in [-0.2, -0.15) is 0 Å². The molecule has 2 heteroatoms. The summed E-state index contributed by atoms with van der Waals surface area (Å²) in [6, 6.07) is 59.0. The van der Waals surface area contributed by atoms with Gasteiger partial charge in [0, 0.05) is 21.8 Å². The summed E-state index contributed by atoms with van der Waals surface area (Å²) in [5.74, 6) is 0. The molecule has 46 heavy (non-hydrogen) atoms. The molecule has 214 valence electrons. The van der Waals surface area contributed by atoms with Crippen molar-refractivity contribution in [2.45, 2.75) is 0 Å². The van der Waals surface area contributed by atoms with Gasteiger partial charge in [-0.3, -0.25) is 0 Å². The quantitative estimate of drug-likeness (QED) is 0.189. The highest BCUT2D eigenvalue weighted by Crippen LogP contribution is 2.46. The van der Waals surface area contributed by atoms with Crippen LogP contribution in [-0.4, -0.2) is 4.57 Å². The molecule has 0 fully saturated rings. The summed E-state index contributed by atoms with van der Waals surface area (Å²) in [6.45, 7) is 0. The summed E-state index contributed by atoms with van der Waals surface area (Å²) in [6.07, 6.45) is 0. The van der Waals surface area contributed by atoms with E-state index in [0.717, 1.165) is 27.6 Å². The highest BCUT2D eigenvalue weighted by Gasteiger charge is 2.21. The number of hydrogen-bond acceptors (Lipinski definition) is 1. The molecule has 0 unspecified atom stereocenters. The van der Waals surface area contributed by atoms with Crippen molar-refractivity contribution >= 4 is 65.3 Å². The summed E-state index contributed by atoms with van der Waals surface area (Å²) in [4.78, 5) is 0. The maximum atomic E-state index is 6.37. The standard InChI is InChI=1S/C44H27NO/c1-3-13-28(14-4-1)41-32-17-7-9-19-34(32)42(35-20-10-8-18-33(35)41)29-23-24-31-36-25-26-40-43(37-21-11-12-22-39(37)46-40)44(36)45(38(31)27-29)30-15-5-2-6-16-30/h1-27H. The van der Waals surface area contributed by atoms with Crippen LogP contribution >= 0.6 is 0 Å². The molecule has 8 aromatic carbocycles. The van der Waals surface area contributed by atoms with E-state index in [-0.39, 0.29) is 0 Å². The maximum absolute atomic E-state index is 6.37. The number of benzene rings is 8. The Hall–Kier alpha value is -6.12. The average molecular weight is 586 g/mol. The highest BCUT2D eigenvalue weighted by atomic mass is 16.3. The number of aromatic nitrogens is 1. The van der Waals surface area contributed by atoms with Crippen molar-refractivity contribution < 1.29 is 4.42 Å². The molecule has 10 rings (SSSR count). The van der Waals surface area contributed by atoms with Gasteiger partial charge in [-0.1, -0.05) is 127 Å². The molecule has 0 aliphatic heterocycles. The topological polar surface area (TPSA) is 18.1 Å². The largest absolute Gasteiger partial charge is 0.456 e. The molecule has 0 aliphatic rings. The molecule has 0 spiro atoms. The summed E-state index contributed by atoms with van der Waals surface area (Å²) >= 11 is 0. The lowest BCUT2D eigenvalue weighted by Gasteiger charge is -2.18. The SMILES string of the molecule is c1ccc(-c2c3ccccc3c(-c3ccc4c5ccc6oc7ccccc7c6c5n(-c5ccccc5)c4c3)c3ccccc23)cc1. The van der Waals surface area contributed by atoms with Gasteiger partial charge in [0.15, 0.2) is 0 Å². The number of nitrogens with zero attached hydrogens (tertiary/aromatic N) is 1. The van der Waals surface area contributed by atoms with E-state index in [9.17, 15) is 0 Å². The van der Waals surface area contributed by atoms with Crippen LogP contribution in [-0.2, 0) is 0 Å². The lowest BCUT2D eigenvalue weighted by Crippen LogP contribution is -1.94. The van der Waals surface area contributed by atoms with Gasteiger partial charge in [-0.05, 0) is 80.2 Å². The van der Waals surface area contributed by atoms with E-state index < -0.39 is 0 Å². The number of para-hydroxylation sites is 2. The van der Waals surface area contributed by atoms with Crippen LogP contribution in [0.1, 0.15) is 0 Å². The average Bonchev–Trinajstić information content (AvgIpc) is 3.66. The fraction of sp³-hybridized carbons (Fsp3) is 0. The van der Waals surface area contributed by atoms with Crippen molar-refractivity contribution in [3.05, 3.63) is 164 Å². The minimum absolute atomic E-state index is 0.905. The Bertz CT molecular complexity index is 2730. The molecule has 0 N–H and O–H groups in total. The van der Waals surface area contributed by atoms with Crippen LogP contribution in [0.3, 0.4) is 0 Å². The second-order valence-corrected chi connectivity index (χ2v) is 12.0. The fourth-order valence-electron chi connectivity index (χ4n) is 7.67. The normalized spacial score (nSPS) is 11.9. The Morgan fingerprint density at radius 1 is 0.370 bits per heavy atom. The number of rotatable bonds is 3. The molecule has 10 aromatic rings. The number of hydrogen-bond donors (Lipinski definition) is 0. The monoisotopic (exact) mass is 585 g/mol. The molecule has 0 bridgehead atoms. The molecule has 2 nitrogen and oxygen atoms in total. The van der Waals surface area contributed by atoms with Gasteiger partial charge < -0.3 is 8.98 Å². The second kappa shape index (κ2) is 9.69. The third-order valence-electron chi connectivity index (χ3n) is 9.57. The molecule has 2 heterocycles. The molecule has 0 saturated heterocycles. The lowest BCUT2D eigenvalue weighted by molar-refractivity contribution is 0.669. The zero-order chi connectivity index (χ0) is 30.2. The molecule has 0 aliphatic carbocycles. The van der Waals surface area contributed by atoms with E-state index in [1.54, 1.807) is 0 Å². The molecule has 2 aromatic heterocycles. The summed E-state index contributed by atoms with van der Waals surface area (Å²) in [5.41, 5.74) is 10.3. The zero-order valence-electron chi connectivity index (χ0n) is 24.9. The first-order valence-corrected chi connectivity index (χ1v) is 15.8. The predicted molar refractivity (Wildman–Crippen MR) is 194 cm³/mol. The fourth-order valence-corrected chi connectivity index (χ4v) is 7.67. The summed E-state index contributed by atoms with van der Waals surface area (Å²) in [7, 11) is 0. The van der Waals surface area contributed by atoms with Gasteiger partial charge in [0.25, 0.3) is 0 Å². The Labute approximate surface area is 265 Å². The van der Waals surface area contributed by atoms with E-state index in [2.05, 4.69) is 162 Å². The summed E-state index contributed by atoms with van der Waals surface area (Å²) < 4.78 is 8.80. The van der Waals surface area contributed by atoms with Crippen molar-refractivity contribution in [3.8, 4) is 27.9 Å². The smallest absolute Gasteiger partial charge is 0.137 e. The molecule has 0 radical (unpaired) electrons. The first kappa shape index (κ1) is 25.2. The van der Waals surface area contributed by atoms with Gasteiger partial charge in [-0.25, -0.2) is 0 Å². The minimum Gasteiger partial charge on any atom is -0.456 e. The van der Waals surface area contributed by atoms with Crippen molar-refractivity contribution in [1.29, 1.82) is 0 Å². The van der Waals surface area contributed by atoms with Gasteiger partial charge in [-0.15, -0.1) is 0 Å². The van der Waals surface area contributed by atoms with Crippen LogP contribution < -0.4 is 0 Å². The minimum atomic E-state index is 0.905.